The van der Waals surface area contributed by atoms with E-state index in [1.54, 1.807) is 12.1 Å². The molecule has 2 aromatic rings. The average Bonchev–Trinajstić information content (AvgIpc) is 2.69. The molecule has 1 aliphatic rings. The van der Waals surface area contributed by atoms with E-state index in [2.05, 4.69) is 5.32 Å². The molecule has 1 aliphatic heterocycles. The monoisotopic (exact) mass is 409 g/mol. The Morgan fingerprint density at radius 3 is 2.61 bits per heavy atom. The predicted octanol–water partition coefficient (Wildman–Crippen LogP) is 4.00. The van der Waals surface area contributed by atoms with Crippen molar-refractivity contribution in [3.05, 3.63) is 58.1 Å². The van der Waals surface area contributed by atoms with Gasteiger partial charge in [0.25, 0.3) is 17.4 Å². The second-order valence-corrected chi connectivity index (χ2v) is 6.92. The van der Waals surface area contributed by atoms with E-state index >= 15 is 0 Å². The average molecular weight is 409 g/mol. The number of halogens is 2. The van der Waals surface area contributed by atoms with Gasteiger partial charge in [0, 0.05) is 30.1 Å². The van der Waals surface area contributed by atoms with Crippen molar-refractivity contribution in [2.45, 2.75) is 10.7 Å². The number of rotatable bonds is 6. The minimum absolute atomic E-state index is 0.105. The van der Waals surface area contributed by atoms with E-state index < -0.39 is 16.6 Å². The molecular formula is C18H17F2N3O4S. The van der Waals surface area contributed by atoms with Gasteiger partial charge in [0.05, 0.1) is 35.1 Å². The highest BCUT2D eigenvalue weighted by Crippen LogP contribution is 2.33. The first-order valence-corrected chi connectivity index (χ1v) is 9.30. The molecule has 10 heteroatoms. The van der Waals surface area contributed by atoms with Gasteiger partial charge in [-0.05, 0) is 18.2 Å². The SMILES string of the molecule is O=C(Nc1ccccc1SC(F)F)c1cc([N+](=O)[O-])ccc1N1CCOCC1. The van der Waals surface area contributed by atoms with Crippen LogP contribution in [0, 0.1) is 10.1 Å². The zero-order chi connectivity index (χ0) is 20.1. The molecule has 3 rings (SSSR count). The van der Waals surface area contributed by atoms with Gasteiger partial charge in [-0.25, -0.2) is 0 Å². The number of benzene rings is 2. The molecular weight excluding hydrogens is 392 g/mol. The topological polar surface area (TPSA) is 84.7 Å². The molecule has 148 valence electrons. The number of hydrogen-bond acceptors (Lipinski definition) is 6. The molecule has 28 heavy (non-hydrogen) atoms. The highest BCUT2D eigenvalue weighted by molar-refractivity contribution is 7.99. The molecule has 0 atom stereocenters. The summed E-state index contributed by atoms with van der Waals surface area (Å²) in [5.41, 5.74) is 0.632. The molecule has 1 saturated heterocycles. The molecule has 1 N–H and O–H groups in total. The lowest BCUT2D eigenvalue weighted by molar-refractivity contribution is -0.384. The van der Waals surface area contributed by atoms with Gasteiger partial charge >= 0.3 is 0 Å². The fourth-order valence-electron chi connectivity index (χ4n) is 2.86. The third kappa shape index (κ3) is 4.76. The number of nitrogens with zero attached hydrogens (tertiary/aromatic N) is 2. The van der Waals surface area contributed by atoms with Crippen LogP contribution in [0.4, 0.5) is 25.8 Å². The first-order chi connectivity index (χ1) is 13.5. The number of nitro benzene ring substituents is 1. The van der Waals surface area contributed by atoms with Crippen molar-refractivity contribution in [3.8, 4) is 0 Å². The lowest BCUT2D eigenvalue weighted by Crippen LogP contribution is -2.37. The van der Waals surface area contributed by atoms with Crippen LogP contribution < -0.4 is 10.2 Å². The molecule has 0 unspecified atom stereocenters. The number of ether oxygens (including phenoxy) is 1. The van der Waals surface area contributed by atoms with Gasteiger partial charge in [-0.1, -0.05) is 23.9 Å². The largest absolute Gasteiger partial charge is 0.378 e. The molecule has 1 amide bonds. The van der Waals surface area contributed by atoms with Crippen molar-refractivity contribution in [2.24, 2.45) is 0 Å². The van der Waals surface area contributed by atoms with Gasteiger partial charge in [0.2, 0.25) is 0 Å². The van der Waals surface area contributed by atoms with Crippen LogP contribution in [0.15, 0.2) is 47.4 Å². The van der Waals surface area contributed by atoms with Gasteiger partial charge in [0.15, 0.2) is 0 Å². The summed E-state index contributed by atoms with van der Waals surface area (Å²) in [7, 11) is 0. The number of carbonyl (C=O) groups excluding carboxylic acids is 1. The maximum Gasteiger partial charge on any atom is 0.288 e. The van der Waals surface area contributed by atoms with Crippen LogP contribution in [0.2, 0.25) is 0 Å². The van der Waals surface area contributed by atoms with E-state index in [4.69, 9.17) is 4.74 Å². The van der Waals surface area contributed by atoms with E-state index in [9.17, 15) is 23.7 Å². The number of thioether (sulfide) groups is 1. The fourth-order valence-corrected chi connectivity index (χ4v) is 3.45. The maximum atomic E-state index is 12.9. The van der Waals surface area contributed by atoms with Gasteiger partial charge in [-0.15, -0.1) is 0 Å². The number of anilines is 2. The summed E-state index contributed by atoms with van der Waals surface area (Å²) >= 11 is 0.319. The van der Waals surface area contributed by atoms with Crippen molar-refractivity contribution in [3.63, 3.8) is 0 Å². The molecule has 1 fully saturated rings. The Balaban J connectivity index is 1.93. The van der Waals surface area contributed by atoms with Crippen molar-refractivity contribution in [2.75, 3.05) is 36.5 Å². The number of carbonyl (C=O) groups is 1. The van der Waals surface area contributed by atoms with E-state index in [1.165, 1.54) is 30.3 Å². The number of non-ortho nitro benzene ring substituents is 1. The minimum atomic E-state index is -2.64. The predicted molar refractivity (Wildman–Crippen MR) is 102 cm³/mol. The highest BCUT2D eigenvalue weighted by Gasteiger charge is 2.23. The number of hydrogen-bond donors (Lipinski definition) is 1. The number of nitro groups is 1. The Morgan fingerprint density at radius 1 is 1.21 bits per heavy atom. The molecule has 0 bridgehead atoms. The third-order valence-electron chi connectivity index (χ3n) is 4.14. The first kappa shape index (κ1) is 20.0. The molecule has 0 aliphatic carbocycles. The molecule has 2 aromatic carbocycles. The van der Waals surface area contributed by atoms with Crippen molar-refractivity contribution < 1.29 is 23.2 Å². The molecule has 0 spiro atoms. The van der Waals surface area contributed by atoms with Crippen LogP contribution in [0.1, 0.15) is 10.4 Å². The highest BCUT2D eigenvalue weighted by atomic mass is 32.2. The van der Waals surface area contributed by atoms with Crippen LogP contribution in [0.25, 0.3) is 0 Å². The summed E-state index contributed by atoms with van der Waals surface area (Å²) in [6.07, 6.45) is 0. The maximum absolute atomic E-state index is 12.9. The Labute approximate surface area is 163 Å². The standard InChI is InChI=1S/C18H17F2N3O4S/c19-18(20)28-16-4-2-1-3-14(16)21-17(24)13-11-12(23(25)26)5-6-15(13)22-7-9-27-10-8-22/h1-6,11,18H,7-10H2,(H,21,24). The summed E-state index contributed by atoms with van der Waals surface area (Å²) < 4.78 is 30.8. The van der Waals surface area contributed by atoms with E-state index in [1.807, 2.05) is 4.90 Å². The quantitative estimate of drug-likeness (QED) is 0.441. The second kappa shape index (κ2) is 8.98. The first-order valence-electron chi connectivity index (χ1n) is 8.42. The van der Waals surface area contributed by atoms with E-state index in [0.29, 0.717) is 43.8 Å². The molecule has 0 radical (unpaired) electrons. The van der Waals surface area contributed by atoms with Crippen LogP contribution >= 0.6 is 11.8 Å². The van der Waals surface area contributed by atoms with Crippen molar-refractivity contribution >= 4 is 34.7 Å². The molecule has 0 saturated carbocycles. The van der Waals surface area contributed by atoms with Crippen molar-refractivity contribution in [1.82, 2.24) is 0 Å². The zero-order valence-electron chi connectivity index (χ0n) is 14.6. The number of para-hydroxylation sites is 1. The lowest BCUT2D eigenvalue weighted by atomic mass is 10.1. The summed E-state index contributed by atoms with van der Waals surface area (Å²) in [5, 5.41) is 13.8. The lowest BCUT2D eigenvalue weighted by Gasteiger charge is -2.30. The third-order valence-corrected chi connectivity index (χ3v) is 4.93. The van der Waals surface area contributed by atoms with E-state index in [-0.39, 0.29) is 21.8 Å². The molecule has 1 heterocycles. The van der Waals surface area contributed by atoms with Crippen LogP contribution in [-0.2, 0) is 4.74 Å². The van der Waals surface area contributed by atoms with Gasteiger partial charge in [-0.2, -0.15) is 8.78 Å². The van der Waals surface area contributed by atoms with E-state index in [0.717, 1.165) is 0 Å². The summed E-state index contributed by atoms with van der Waals surface area (Å²) in [4.78, 5) is 25.6. The Morgan fingerprint density at radius 2 is 1.93 bits per heavy atom. The Kier molecular flexibility index (Phi) is 6.42. The fraction of sp³-hybridized carbons (Fsp3) is 0.278. The number of nitrogens with one attached hydrogen (secondary N) is 1. The number of alkyl halides is 2. The summed E-state index contributed by atoms with van der Waals surface area (Å²) in [5.74, 6) is -3.24. The molecule has 7 nitrogen and oxygen atoms in total. The normalized spacial score (nSPS) is 14.2. The van der Waals surface area contributed by atoms with Gasteiger partial charge in [-0.3, -0.25) is 14.9 Å². The minimum Gasteiger partial charge on any atom is -0.378 e. The molecule has 0 aromatic heterocycles. The Bertz CT molecular complexity index is 876. The Hall–Kier alpha value is -2.72. The van der Waals surface area contributed by atoms with Crippen LogP contribution in [-0.4, -0.2) is 42.9 Å². The smallest absolute Gasteiger partial charge is 0.288 e. The van der Waals surface area contributed by atoms with Crippen LogP contribution in [0.5, 0.6) is 0 Å². The van der Waals surface area contributed by atoms with Crippen molar-refractivity contribution in [1.29, 1.82) is 0 Å². The van der Waals surface area contributed by atoms with Gasteiger partial charge < -0.3 is 15.0 Å². The summed E-state index contributed by atoms with van der Waals surface area (Å²) in [6, 6.07) is 10.2. The second-order valence-electron chi connectivity index (χ2n) is 5.89. The number of morpholine rings is 1. The van der Waals surface area contributed by atoms with Crippen LogP contribution in [0.3, 0.4) is 0 Å². The summed E-state index contributed by atoms with van der Waals surface area (Å²) in [6.45, 7) is 2.03. The van der Waals surface area contributed by atoms with Gasteiger partial charge in [0.1, 0.15) is 0 Å². The number of amides is 1. The zero-order valence-corrected chi connectivity index (χ0v) is 15.5.